The van der Waals surface area contributed by atoms with Crippen molar-refractivity contribution < 1.29 is 32.2 Å². The van der Waals surface area contributed by atoms with Crippen LogP contribution in [-0.2, 0) is 9.47 Å². The van der Waals surface area contributed by atoms with Crippen LogP contribution in [0.2, 0.25) is 0 Å². The van der Waals surface area contributed by atoms with Crippen molar-refractivity contribution >= 4 is 11.9 Å². The molecule has 0 unspecified atom stereocenters. The maximum Gasteiger partial charge on any atom is 0.283 e. The minimum absolute atomic E-state index is 0.0574. The Kier molecular flexibility index (Phi) is 6.84. The van der Waals surface area contributed by atoms with Gasteiger partial charge in [-0.3, -0.25) is 4.79 Å². The molecule has 9 nitrogen and oxygen atoms in total. The van der Waals surface area contributed by atoms with Crippen molar-refractivity contribution in [3.05, 3.63) is 53.9 Å². The number of ether oxygens (including phenoxy) is 3. The number of hydrogen-bond donors (Lipinski definition) is 2. The number of amides is 1. The van der Waals surface area contributed by atoms with Crippen LogP contribution in [0, 0.1) is 5.92 Å². The predicted molar refractivity (Wildman–Crippen MR) is 119 cm³/mol. The van der Waals surface area contributed by atoms with Crippen molar-refractivity contribution in [2.24, 2.45) is 16.6 Å². The lowest BCUT2D eigenvalue weighted by molar-refractivity contribution is -0.119. The summed E-state index contributed by atoms with van der Waals surface area (Å²) < 4.78 is 57.9. The van der Waals surface area contributed by atoms with Crippen LogP contribution in [0.15, 0.2) is 53.2 Å². The van der Waals surface area contributed by atoms with Gasteiger partial charge in [-0.05, 0) is 31.9 Å². The SMILES string of the molecule is C=C(/C(F)=C\C=C(/C)NC(=O)c1cnc(OCF)cn1)[C@@]1(CF)N=C(N)O[C@@H]2CC3(CC3)OC[C@@H]21. The van der Waals surface area contributed by atoms with E-state index in [0.29, 0.717) is 6.42 Å². The molecule has 188 valence electrons. The summed E-state index contributed by atoms with van der Waals surface area (Å²) in [7, 11) is 0. The highest BCUT2D eigenvalue weighted by molar-refractivity contribution is 5.93. The van der Waals surface area contributed by atoms with Gasteiger partial charge in [-0.2, -0.15) is 0 Å². The molecule has 1 aliphatic carbocycles. The van der Waals surface area contributed by atoms with Gasteiger partial charge in [0, 0.05) is 17.7 Å². The number of rotatable bonds is 8. The molecule has 2 aliphatic heterocycles. The van der Waals surface area contributed by atoms with Crippen molar-refractivity contribution in [2.75, 3.05) is 20.1 Å². The first kappa shape index (κ1) is 24.7. The highest BCUT2D eigenvalue weighted by Crippen LogP contribution is 2.52. The van der Waals surface area contributed by atoms with Gasteiger partial charge in [0.05, 0.1) is 30.5 Å². The summed E-state index contributed by atoms with van der Waals surface area (Å²) in [6, 6.07) is -0.210. The molecule has 2 fully saturated rings. The van der Waals surface area contributed by atoms with Crippen molar-refractivity contribution in [1.29, 1.82) is 0 Å². The van der Waals surface area contributed by atoms with Crippen LogP contribution >= 0.6 is 0 Å². The highest BCUT2D eigenvalue weighted by atomic mass is 19.1. The van der Waals surface area contributed by atoms with E-state index < -0.39 is 42.8 Å². The van der Waals surface area contributed by atoms with E-state index in [1.807, 2.05) is 0 Å². The molecule has 1 aromatic heterocycles. The molecule has 3 heterocycles. The third kappa shape index (κ3) is 5.02. The van der Waals surface area contributed by atoms with Gasteiger partial charge < -0.3 is 25.3 Å². The quantitative estimate of drug-likeness (QED) is 0.534. The molecule has 1 amide bonds. The minimum Gasteiger partial charge on any atom is -0.462 e. The van der Waals surface area contributed by atoms with Gasteiger partial charge in [0.25, 0.3) is 11.9 Å². The van der Waals surface area contributed by atoms with Gasteiger partial charge in [0.15, 0.2) is 0 Å². The van der Waals surface area contributed by atoms with Gasteiger partial charge in [-0.1, -0.05) is 6.58 Å². The Morgan fingerprint density at radius 3 is 2.74 bits per heavy atom. The summed E-state index contributed by atoms with van der Waals surface area (Å²) >= 11 is 0. The zero-order valence-electron chi connectivity index (χ0n) is 19.1. The van der Waals surface area contributed by atoms with Crippen LogP contribution in [0.1, 0.15) is 36.7 Å². The number of aromatic nitrogens is 2. The standard InChI is InChI=1S/C23H26F3N5O4/c1-13(30-20(32)17-8-29-19(9-28-17)33-12-25)3-4-16(26)14(2)23(11-24)15-10-34-22(5-6-22)7-18(15)35-21(27)31-23/h3-4,8-9,15,18H,2,5-7,10-12H2,1H3,(H2,27,31)(H,30,32)/b13-3+,16-4+/t15-,18+,23+/m0/s1. The van der Waals surface area contributed by atoms with E-state index in [9.17, 15) is 13.6 Å². The molecule has 35 heavy (non-hydrogen) atoms. The normalized spacial score (nSPS) is 27.4. The number of nitrogens with zero attached hydrogens (tertiary/aromatic N) is 3. The average Bonchev–Trinajstić information content (AvgIpc) is 3.59. The van der Waals surface area contributed by atoms with Crippen molar-refractivity contribution in [3.63, 3.8) is 0 Å². The summed E-state index contributed by atoms with van der Waals surface area (Å²) in [5, 5.41) is 2.52. The lowest BCUT2D eigenvalue weighted by atomic mass is 9.73. The van der Waals surface area contributed by atoms with Crippen molar-refractivity contribution in [1.82, 2.24) is 15.3 Å². The molecular formula is C23H26F3N5O4. The number of nitrogens with one attached hydrogen (secondary N) is 1. The van der Waals surface area contributed by atoms with Crippen LogP contribution in [0.25, 0.3) is 0 Å². The molecule has 1 spiro atoms. The number of alkyl halides is 2. The van der Waals surface area contributed by atoms with Crippen LogP contribution in [0.5, 0.6) is 5.88 Å². The van der Waals surface area contributed by atoms with Gasteiger partial charge in [0.1, 0.15) is 29.8 Å². The minimum atomic E-state index is -1.66. The number of carbonyl (C=O) groups excluding carboxylic acids is 1. The second kappa shape index (κ2) is 9.68. The molecule has 1 aromatic rings. The Labute approximate surface area is 200 Å². The number of allylic oxidation sites excluding steroid dienone is 3. The van der Waals surface area contributed by atoms with Gasteiger partial charge in [-0.25, -0.2) is 28.1 Å². The van der Waals surface area contributed by atoms with Crippen LogP contribution in [-0.4, -0.2) is 59.3 Å². The molecular weight excluding hydrogens is 467 g/mol. The van der Waals surface area contributed by atoms with Gasteiger partial charge in [-0.15, -0.1) is 0 Å². The highest BCUT2D eigenvalue weighted by Gasteiger charge is 2.59. The fourth-order valence-corrected chi connectivity index (χ4v) is 4.31. The monoisotopic (exact) mass is 493 g/mol. The van der Waals surface area contributed by atoms with Crippen LogP contribution in [0.3, 0.4) is 0 Å². The first-order valence-electron chi connectivity index (χ1n) is 11.0. The smallest absolute Gasteiger partial charge is 0.283 e. The largest absolute Gasteiger partial charge is 0.462 e. The molecule has 0 aromatic carbocycles. The van der Waals surface area contributed by atoms with Crippen LogP contribution < -0.4 is 15.8 Å². The molecule has 3 atom stereocenters. The first-order chi connectivity index (χ1) is 16.7. The fourth-order valence-electron chi connectivity index (χ4n) is 4.31. The number of nitrogens with two attached hydrogens (primary N) is 1. The second-order valence-electron chi connectivity index (χ2n) is 8.76. The molecule has 3 aliphatic rings. The van der Waals surface area contributed by atoms with E-state index in [2.05, 4.69) is 31.6 Å². The summed E-state index contributed by atoms with van der Waals surface area (Å²) in [6.45, 7) is 3.34. The Morgan fingerprint density at radius 2 is 2.11 bits per heavy atom. The third-order valence-corrected chi connectivity index (χ3v) is 6.46. The lowest BCUT2D eigenvalue weighted by Crippen LogP contribution is -2.58. The summed E-state index contributed by atoms with van der Waals surface area (Å²) in [6.07, 6.45) is 6.42. The molecule has 12 heteroatoms. The molecule has 4 rings (SSSR count). The Morgan fingerprint density at radius 1 is 1.34 bits per heavy atom. The topological polar surface area (TPSA) is 121 Å². The number of carbonyl (C=O) groups is 1. The number of hydrogen-bond acceptors (Lipinski definition) is 8. The van der Waals surface area contributed by atoms with Crippen molar-refractivity contribution in [2.45, 2.75) is 43.4 Å². The van der Waals surface area contributed by atoms with E-state index in [4.69, 9.17) is 15.2 Å². The van der Waals surface area contributed by atoms with Gasteiger partial charge in [0.2, 0.25) is 12.7 Å². The lowest BCUT2D eigenvalue weighted by Gasteiger charge is -2.47. The zero-order valence-corrected chi connectivity index (χ0v) is 19.1. The molecule has 0 bridgehead atoms. The number of amidine groups is 1. The zero-order chi connectivity index (χ0) is 25.2. The van der Waals surface area contributed by atoms with Gasteiger partial charge >= 0.3 is 0 Å². The van der Waals surface area contributed by atoms with E-state index >= 15 is 4.39 Å². The van der Waals surface area contributed by atoms with Crippen LogP contribution in [0.4, 0.5) is 13.2 Å². The first-order valence-corrected chi connectivity index (χ1v) is 11.0. The molecule has 1 saturated carbocycles. The van der Waals surface area contributed by atoms with E-state index in [-0.39, 0.29) is 41.1 Å². The summed E-state index contributed by atoms with van der Waals surface area (Å²) in [4.78, 5) is 24.0. The number of aliphatic imine (C=N–C) groups is 1. The predicted octanol–water partition coefficient (Wildman–Crippen LogP) is 2.82. The number of fused-ring (bicyclic) bond motifs is 1. The average molecular weight is 493 g/mol. The van der Waals surface area contributed by atoms with E-state index in [1.165, 1.54) is 13.0 Å². The second-order valence-corrected chi connectivity index (χ2v) is 8.76. The fraction of sp³-hybridized carbons (Fsp3) is 0.478. The number of halogens is 3. The maximum atomic E-state index is 15.2. The summed E-state index contributed by atoms with van der Waals surface area (Å²) in [5.74, 6) is -2.11. The molecule has 0 radical (unpaired) electrons. The summed E-state index contributed by atoms with van der Waals surface area (Å²) in [5.41, 5.74) is 3.93. The Hall–Kier alpha value is -3.41. The van der Waals surface area contributed by atoms with E-state index in [0.717, 1.165) is 31.3 Å². The maximum absolute atomic E-state index is 15.2. The molecule has 3 N–H and O–H groups in total. The van der Waals surface area contributed by atoms with E-state index in [1.54, 1.807) is 0 Å². The van der Waals surface area contributed by atoms with Crippen molar-refractivity contribution in [3.8, 4) is 5.88 Å². The molecule has 1 saturated heterocycles. The Balaban J connectivity index is 1.47. The Bertz CT molecular complexity index is 1090. The third-order valence-electron chi connectivity index (χ3n) is 6.46.